The molecule has 1 aromatic carbocycles. The molecule has 0 aromatic heterocycles. The van der Waals surface area contributed by atoms with Crippen molar-refractivity contribution in [3.05, 3.63) is 34.6 Å². The first-order valence-corrected chi connectivity index (χ1v) is 6.86. The highest BCUT2D eigenvalue weighted by atomic mass is 79.9. The number of hydrogen-bond acceptors (Lipinski definition) is 1. The molecule has 0 heterocycles. The first-order chi connectivity index (χ1) is 8.04. The van der Waals surface area contributed by atoms with Crippen molar-refractivity contribution in [1.29, 1.82) is 0 Å². The van der Waals surface area contributed by atoms with Crippen LogP contribution in [0.5, 0.6) is 0 Å². The van der Waals surface area contributed by atoms with Crippen LogP contribution >= 0.6 is 27.5 Å². The zero-order chi connectivity index (χ0) is 12.8. The molecule has 1 unspecified atom stereocenters. The van der Waals surface area contributed by atoms with Crippen LogP contribution in [-0.4, -0.2) is 17.3 Å². The summed E-state index contributed by atoms with van der Waals surface area (Å²) in [4.78, 5) is 11.8. The third-order valence-electron chi connectivity index (χ3n) is 2.33. The van der Waals surface area contributed by atoms with Gasteiger partial charge in [-0.25, -0.2) is 4.39 Å². The molecule has 17 heavy (non-hydrogen) atoms. The van der Waals surface area contributed by atoms with E-state index in [4.69, 9.17) is 11.6 Å². The molecule has 1 aromatic rings. The van der Waals surface area contributed by atoms with Gasteiger partial charge >= 0.3 is 0 Å². The maximum Gasteiger partial charge on any atom is 0.251 e. The van der Waals surface area contributed by atoms with Crippen LogP contribution in [0.3, 0.4) is 0 Å². The van der Waals surface area contributed by atoms with E-state index in [1.54, 1.807) is 0 Å². The average Bonchev–Trinajstić information content (AvgIpc) is 2.30. The van der Waals surface area contributed by atoms with E-state index < -0.39 is 5.82 Å². The Morgan fingerprint density at radius 3 is 2.88 bits per heavy atom. The fourth-order valence-electron chi connectivity index (χ4n) is 1.40. The van der Waals surface area contributed by atoms with Gasteiger partial charge in [0, 0.05) is 16.9 Å². The molecule has 0 bridgehead atoms. The van der Waals surface area contributed by atoms with E-state index in [1.165, 1.54) is 18.2 Å². The highest BCUT2D eigenvalue weighted by molar-refractivity contribution is 9.09. The van der Waals surface area contributed by atoms with Gasteiger partial charge in [0.05, 0.1) is 5.02 Å². The van der Waals surface area contributed by atoms with Gasteiger partial charge in [0.15, 0.2) is 0 Å². The molecule has 5 heteroatoms. The van der Waals surface area contributed by atoms with Crippen molar-refractivity contribution in [3.63, 3.8) is 0 Å². The molecule has 0 radical (unpaired) electrons. The van der Waals surface area contributed by atoms with Gasteiger partial charge in [-0.05, 0) is 38.0 Å². The molecule has 0 fully saturated rings. The monoisotopic (exact) mass is 321 g/mol. The van der Waals surface area contributed by atoms with E-state index >= 15 is 0 Å². The zero-order valence-electron chi connectivity index (χ0n) is 9.47. The lowest BCUT2D eigenvalue weighted by Crippen LogP contribution is -2.32. The molecule has 1 amide bonds. The van der Waals surface area contributed by atoms with E-state index in [0.29, 0.717) is 5.56 Å². The van der Waals surface area contributed by atoms with Crippen LogP contribution in [0.4, 0.5) is 4.39 Å². The summed E-state index contributed by atoms with van der Waals surface area (Å²) in [6.07, 6.45) is 1.89. The van der Waals surface area contributed by atoms with E-state index in [1.807, 2.05) is 6.92 Å². The molecule has 1 atom stereocenters. The van der Waals surface area contributed by atoms with Gasteiger partial charge in [0.25, 0.3) is 5.91 Å². The van der Waals surface area contributed by atoms with Gasteiger partial charge < -0.3 is 5.32 Å². The van der Waals surface area contributed by atoms with Crippen LogP contribution in [0.15, 0.2) is 18.2 Å². The summed E-state index contributed by atoms with van der Waals surface area (Å²) >= 11 is 8.95. The van der Waals surface area contributed by atoms with Crippen LogP contribution in [0.1, 0.15) is 30.1 Å². The van der Waals surface area contributed by atoms with Crippen LogP contribution in [-0.2, 0) is 0 Å². The fraction of sp³-hybridized carbons (Fsp3) is 0.417. The second-order valence-electron chi connectivity index (χ2n) is 3.83. The van der Waals surface area contributed by atoms with E-state index in [2.05, 4.69) is 21.2 Å². The lowest BCUT2D eigenvalue weighted by atomic mass is 10.1. The number of hydrogen-bond donors (Lipinski definition) is 1. The lowest BCUT2D eigenvalue weighted by Gasteiger charge is -2.13. The van der Waals surface area contributed by atoms with Crippen LogP contribution in [0, 0.1) is 5.82 Å². The summed E-state index contributed by atoms with van der Waals surface area (Å²) in [5.41, 5.74) is 0.377. The largest absolute Gasteiger partial charge is 0.350 e. The quantitative estimate of drug-likeness (QED) is 0.821. The number of nitrogens with one attached hydrogen (secondary N) is 1. The Labute approximate surface area is 114 Å². The lowest BCUT2D eigenvalue weighted by molar-refractivity contribution is 0.0938. The number of rotatable bonds is 5. The van der Waals surface area contributed by atoms with Gasteiger partial charge in [-0.1, -0.05) is 27.5 Å². The predicted octanol–water partition coefficient (Wildman–Crippen LogP) is 3.77. The SMILES string of the molecule is CC(CCCBr)NC(=O)c1ccc(F)c(Cl)c1. The number of amides is 1. The molecular weight excluding hydrogens is 308 g/mol. The van der Waals surface area contributed by atoms with Gasteiger partial charge in [0.1, 0.15) is 5.82 Å². The predicted molar refractivity (Wildman–Crippen MR) is 71.4 cm³/mol. The van der Waals surface area contributed by atoms with Gasteiger partial charge in [-0.2, -0.15) is 0 Å². The molecule has 0 saturated heterocycles. The molecule has 1 N–H and O–H groups in total. The standard InChI is InChI=1S/C12H14BrClFNO/c1-8(3-2-6-13)16-12(17)9-4-5-11(15)10(14)7-9/h4-5,7-8H,2-3,6H2,1H3,(H,16,17). The van der Waals surface area contributed by atoms with Crippen molar-refractivity contribution < 1.29 is 9.18 Å². The first kappa shape index (κ1) is 14.5. The third-order valence-corrected chi connectivity index (χ3v) is 3.18. The van der Waals surface area contributed by atoms with Crippen LogP contribution in [0.25, 0.3) is 0 Å². The molecule has 1 rings (SSSR count). The van der Waals surface area contributed by atoms with Crippen molar-refractivity contribution >= 4 is 33.4 Å². The highest BCUT2D eigenvalue weighted by Gasteiger charge is 2.11. The Hall–Kier alpha value is -0.610. The Balaban J connectivity index is 2.60. The molecule has 94 valence electrons. The van der Waals surface area contributed by atoms with Gasteiger partial charge in [0.2, 0.25) is 0 Å². The van der Waals surface area contributed by atoms with Crippen molar-refractivity contribution in [2.45, 2.75) is 25.8 Å². The molecule has 2 nitrogen and oxygen atoms in total. The second kappa shape index (κ2) is 6.97. The van der Waals surface area contributed by atoms with Crippen molar-refractivity contribution in [2.75, 3.05) is 5.33 Å². The normalized spacial score (nSPS) is 12.2. The average molecular weight is 323 g/mol. The zero-order valence-corrected chi connectivity index (χ0v) is 11.8. The molecule has 0 spiro atoms. The fourth-order valence-corrected chi connectivity index (χ4v) is 1.90. The van der Waals surface area contributed by atoms with Crippen LogP contribution < -0.4 is 5.32 Å². The second-order valence-corrected chi connectivity index (χ2v) is 5.03. The van der Waals surface area contributed by atoms with E-state index in [9.17, 15) is 9.18 Å². The Kier molecular flexibility index (Phi) is 5.92. The Morgan fingerprint density at radius 2 is 2.29 bits per heavy atom. The number of carbonyl (C=O) groups is 1. The minimum atomic E-state index is -0.518. The van der Waals surface area contributed by atoms with Gasteiger partial charge in [-0.15, -0.1) is 0 Å². The van der Waals surface area contributed by atoms with E-state index in [-0.39, 0.29) is 17.0 Å². The summed E-state index contributed by atoms with van der Waals surface area (Å²) in [6.45, 7) is 1.94. The van der Waals surface area contributed by atoms with Gasteiger partial charge in [-0.3, -0.25) is 4.79 Å². The highest BCUT2D eigenvalue weighted by Crippen LogP contribution is 2.16. The molecule has 0 aliphatic rings. The first-order valence-electron chi connectivity index (χ1n) is 5.36. The maximum absolute atomic E-state index is 12.9. The van der Waals surface area contributed by atoms with Crippen LogP contribution in [0.2, 0.25) is 5.02 Å². The summed E-state index contributed by atoms with van der Waals surface area (Å²) in [7, 11) is 0. The third kappa shape index (κ3) is 4.64. The summed E-state index contributed by atoms with van der Waals surface area (Å²) in [6, 6.07) is 4.04. The van der Waals surface area contributed by atoms with Crippen molar-refractivity contribution in [3.8, 4) is 0 Å². The van der Waals surface area contributed by atoms with Crippen molar-refractivity contribution in [2.24, 2.45) is 0 Å². The summed E-state index contributed by atoms with van der Waals surface area (Å²) in [5, 5.41) is 3.71. The number of alkyl halides is 1. The van der Waals surface area contributed by atoms with Crippen molar-refractivity contribution in [1.82, 2.24) is 5.32 Å². The molecule has 0 aliphatic carbocycles. The number of carbonyl (C=O) groups excluding carboxylic acids is 1. The number of benzene rings is 1. The topological polar surface area (TPSA) is 29.1 Å². The summed E-state index contributed by atoms with van der Waals surface area (Å²) < 4.78 is 12.9. The number of halogens is 3. The molecule has 0 aliphatic heterocycles. The maximum atomic E-state index is 12.9. The summed E-state index contributed by atoms with van der Waals surface area (Å²) in [5.74, 6) is -0.746. The minimum Gasteiger partial charge on any atom is -0.350 e. The Bertz CT molecular complexity index is 400. The van der Waals surface area contributed by atoms with E-state index in [0.717, 1.165) is 18.2 Å². The minimum absolute atomic E-state index is 0.0363. The molecular formula is C12H14BrClFNO. The smallest absolute Gasteiger partial charge is 0.251 e. The molecule has 0 saturated carbocycles. The Morgan fingerprint density at radius 1 is 1.59 bits per heavy atom.